The van der Waals surface area contributed by atoms with Crippen LogP contribution >= 0.6 is 0 Å². The van der Waals surface area contributed by atoms with Gasteiger partial charge in [0, 0.05) is 37.8 Å². The van der Waals surface area contributed by atoms with Crippen LogP contribution in [0.15, 0.2) is 0 Å². The molecule has 8 bridgehead atoms. The molecule has 0 aromatic carbocycles. The normalized spacial score (nSPS) is 54.9. The van der Waals surface area contributed by atoms with Crippen molar-refractivity contribution < 1.29 is 37.8 Å². The maximum absolute atomic E-state index is 4.26. The van der Waals surface area contributed by atoms with Gasteiger partial charge in [-0.1, -0.05) is 51.4 Å². The van der Waals surface area contributed by atoms with Gasteiger partial charge in [-0.05, 0) is 98.7 Å². The molecule has 8 atom stereocenters. The van der Waals surface area contributed by atoms with Gasteiger partial charge in [-0.2, -0.15) is 0 Å². The zero-order valence-electron chi connectivity index (χ0n) is 25.2. The molecule has 0 spiro atoms. The first-order valence-corrected chi connectivity index (χ1v) is 17.9. The Hall–Kier alpha value is 0.875. The minimum atomic E-state index is 0. The minimum Gasteiger partial charge on any atom is -0.286 e. The largest absolute Gasteiger partial charge is 0.286 e. The van der Waals surface area contributed by atoms with Gasteiger partial charge in [-0.3, -0.25) is 42.5 Å². The fourth-order valence-corrected chi connectivity index (χ4v) is 12.0. The molecule has 8 N–H and O–H groups in total. The van der Waals surface area contributed by atoms with Crippen molar-refractivity contribution >= 4 is 0 Å². The van der Waals surface area contributed by atoms with Crippen LogP contribution in [0.5, 0.6) is 0 Å². The van der Waals surface area contributed by atoms with Crippen molar-refractivity contribution in [3.05, 3.63) is 0 Å². The Morgan fingerprint density at radius 1 is 0.238 bits per heavy atom. The monoisotopic (exact) mass is 806 g/mol. The van der Waals surface area contributed by atoms with Crippen LogP contribution in [0.4, 0.5) is 0 Å². The van der Waals surface area contributed by atoms with E-state index in [-0.39, 0.29) is 37.8 Å². The van der Waals surface area contributed by atoms with Gasteiger partial charge in [-0.15, -0.1) is 0 Å². The van der Waals surface area contributed by atoms with Crippen molar-refractivity contribution in [2.45, 2.75) is 152 Å². The summed E-state index contributed by atoms with van der Waals surface area (Å²) >= 11 is 0. The van der Waals surface area contributed by atoms with Gasteiger partial charge >= 0.3 is 0 Å². The van der Waals surface area contributed by atoms with Crippen LogP contribution in [0, 0.1) is 47.3 Å². The van der Waals surface area contributed by atoms with E-state index in [0.29, 0.717) is 49.3 Å². The molecule has 1 radical (unpaired) electrons. The summed E-state index contributed by atoms with van der Waals surface area (Å²) in [5, 5.41) is 33.8. The summed E-state index contributed by atoms with van der Waals surface area (Å²) in [6.45, 7) is 0. The maximum Gasteiger partial charge on any atom is 0.0628 e. The molecule has 4 aliphatic carbocycles. The molecule has 8 unspecified atom stereocenters. The molecule has 5 saturated heterocycles. The van der Waals surface area contributed by atoms with Crippen molar-refractivity contribution in [3.8, 4) is 0 Å². The molecule has 8 nitrogen and oxygen atoms in total. The number of hydrogen-bond acceptors (Lipinski definition) is 8. The van der Waals surface area contributed by atoms with Gasteiger partial charge in [0.15, 0.2) is 0 Å². The number of hydrogen-bond donors (Lipinski definition) is 8. The number of rotatable bonds is 0. The zero-order chi connectivity index (χ0) is 26.2. The van der Waals surface area contributed by atoms with Crippen LogP contribution in [-0.4, -0.2) is 49.3 Å². The van der Waals surface area contributed by atoms with Crippen LogP contribution < -0.4 is 42.5 Å². The van der Waals surface area contributed by atoms with Crippen molar-refractivity contribution in [3.63, 3.8) is 0 Å². The SMILES string of the molecule is C1CCC2C3NC(NC4NC(NC5NC(NC6NC(N3)C3CCCCC63)C3CCCCC53)C3CCCCC43)C2C1.[Co].[Pt]. The molecule has 0 aromatic rings. The summed E-state index contributed by atoms with van der Waals surface area (Å²) in [4.78, 5) is 0. The standard InChI is InChI=1S/C32H56N8.Co.Pt/c1-2-10-18-17(9-1)25-33-26(18)38-28-21-13-5-6-14-22(21)30(35-28)40-32-24-16-8-7-15-23(24)31(36-32)39-29-20-12-4-3-11-19(20)27(34-29)37-25;;/h17-40H,1-16H2;;. The van der Waals surface area contributed by atoms with Gasteiger partial charge in [0.2, 0.25) is 0 Å². The third-order valence-electron chi connectivity index (χ3n) is 13.8. The predicted molar refractivity (Wildman–Crippen MR) is 157 cm³/mol. The van der Waals surface area contributed by atoms with Crippen LogP contribution in [-0.2, 0) is 37.8 Å². The Morgan fingerprint density at radius 2 is 0.357 bits per heavy atom. The van der Waals surface area contributed by atoms with E-state index in [4.69, 9.17) is 0 Å². The Kier molecular flexibility index (Phi) is 9.87. The molecule has 9 aliphatic rings. The Morgan fingerprint density at radius 3 is 0.476 bits per heavy atom. The predicted octanol–water partition coefficient (Wildman–Crippen LogP) is 2.60. The Labute approximate surface area is 278 Å². The third-order valence-corrected chi connectivity index (χ3v) is 13.8. The fourth-order valence-electron chi connectivity index (χ4n) is 12.0. The summed E-state index contributed by atoms with van der Waals surface area (Å²) in [7, 11) is 0. The van der Waals surface area contributed by atoms with E-state index in [0.717, 1.165) is 47.3 Å². The first kappa shape index (κ1) is 31.5. The molecule has 42 heavy (non-hydrogen) atoms. The maximum atomic E-state index is 4.26. The van der Waals surface area contributed by atoms with Crippen molar-refractivity contribution in [1.82, 2.24) is 42.5 Å². The summed E-state index contributed by atoms with van der Waals surface area (Å²) in [5.74, 6) is 5.97. The molecular formula is C32H56CoN8Pt. The molecule has 9 rings (SSSR count). The number of nitrogens with one attached hydrogen (secondary N) is 8. The molecule has 243 valence electrons. The van der Waals surface area contributed by atoms with Gasteiger partial charge in [-0.25, -0.2) is 0 Å². The van der Waals surface area contributed by atoms with Crippen LogP contribution in [0.2, 0.25) is 0 Å². The summed E-state index contributed by atoms with van der Waals surface area (Å²) in [6.07, 6.45) is 25.6. The van der Waals surface area contributed by atoms with Crippen LogP contribution in [0.3, 0.4) is 0 Å². The third kappa shape index (κ3) is 5.48. The topological polar surface area (TPSA) is 96.2 Å². The second kappa shape index (κ2) is 13.2. The van der Waals surface area contributed by atoms with E-state index in [9.17, 15) is 0 Å². The summed E-state index contributed by atoms with van der Waals surface area (Å²) < 4.78 is 0. The van der Waals surface area contributed by atoms with Gasteiger partial charge < -0.3 is 0 Å². The fraction of sp³-hybridized carbons (Fsp3) is 1.00. The molecule has 5 aliphatic heterocycles. The van der Waals surface area contributed by atoms with E-state index in [1.165, 1.54) is 103 Å². The van der Waals surface area contributed by atoms with E-state index in [2.05, 4.69) is 42.5 Å². The van der Waals surface area contributed by atoms with Crippen molar-refractivity contribution in [1.29, 1.82) is 0 Å². The summed E-state index contributed by atoms with van der Waals surface area (Å²) in [5.41, 5.74) is 0. The van der Waals surface area contributed by atoms with E-state index >= 15 is 0 Å². The Balaban J connectivity index is 0.00000144. The van der Waals surface area contributed by atoms with Crippen LogP contribution in [0.1, 0.15) is 103 Å². The molecule has 4 saturated carbocycles. The van der Waals surface area contributed by atoms with Crippen LogP contribution in [0.25, 0.3) is 0 Å². The smallest absolute Gasteiger partial charge is 0.0628 e. The molecule has 9 fully saturated rings. The van der Waals surface area contributed by atoms with E-state index < -0.39 is 0 Å². The average molecular weight is 807 g/mol. The second-order valence-electron chi connectivity index (χ2n) is 15.6. The van der Waals surface area contributed by atoms with Gasteiger partial charge in [0.1, 0.15) is 0 Å². The van der Waals surface area contributed by atoms with Gasteiger partial charge in [0.25, 0.3) is 0 Å². The molecule has 0 aromatic heterocycles. The quantitative estimate of drug-likeness (QED) is 0.190. The van der Waals surface area contributed by atoms with Crippen molar-refractivity contribution in [2.75, 3.05) is 0 Å². The first-order valence-electron chi connectivity index (χ1n) is 17.9. The molecule has 5 heterocycles. The number of fused-ring (bicyclic) bond motifs is 20. The average Bonchev–Trinajstić information content (AvgIpc) is 3.73. The van der Waals surface area contributed by atoms with E-state index in [1.54, 1.807) is 0 Å². The van der Waals surface area contributed by atoms with Crippen molar-refractivity contribution in [2.24, 2.45) is 47.3 Å². The zero-order valence-corrected chi connectivity index (χ0v) is 28.5. The second-order valence-corrected chi connectivity index (χ2v) is 15.6. The summed E-state index contributed by atoms with van der Waals surface area (Å²) in [6, 6.07) is 0. The first-order chi connectivity index (χ1) is 19.8. The molecular weight excluding hydrogens is 750 g/mol. The van der Waals surface area contributed by atoms with E-state index in [1.807, 2.05) is 0 Å². The minimum absolute atomic E-state index is 0. The molecule has 0 amide bonds. The Bertz CT molecular complexity index is 723. The molecule has 10 heteroatoms. The van der Waals surface area contributed by atoms with Gasteiger partial charge in [0.05, 0.1) is 49.3 Å².